The van der Waals surface area contributed by atoms with Gasteiger partial charge in [-0.25, -0.2) is 0 Å². The Morgan fingerprint density at radius 1 is 1.32 bits per heavy atom. The molecule has 1 amide bonds. The standard InChI is InChI=1S/C18H26N2O2/c1-11-7-8-13(10-12(11)2)20-16(21)18(19)14-6-5-9-22-15(14)17(18,3)4/h7-8,10,14-15H,5-6,9,19H2,1-4H3,(H,20,21). The van der Waals surface area contributed by atoms with Gasteiger partial charge in [0.05, 0.1) is 6.10 Å². The molecule has 3 atom stereocenters. The monoisotopic (exact) mass is 302 g/mol. The van der Waals surface area contributed by atoms with E-state index in [1.807, 2.05) is 39.0 Å². The van der Waals surface area contributed by atoms with E-state index in [-0.39, 0.29) is 23.3 Å². The minimum Gasteiger partial charge on any atom is -0.377 e. The smallest absolute Gasteiger partial charge is 0.245 e. The van der Waals surface area contributed by atoms with Crippen molar-refractivity contribution in [1.82, 2.24) is 0 Å². The zero-order chi connectivity index (χ0) is 16.1. The molecule has 1 aromatic carbocycles. The van der Waals surface area contributed by atoms with Gasteiger partial charge in [-0.2, -0.15) is 0 Å². The van der Waals surface area contributed by atoms with Crippen molar-refractivity contribution in [3.63, 3.8) is 0 Å². The number of carbonyl (C=O) groups is 1. The van der Waals surface area contributed by atoms with Crippen LogP contribution in [0, 0.1) is 25.2 Å². The number of amides is 1. The molecule has 1 saturated carbocycles. The number of ether oxygens (including phenoxy) is 1. The fourth-order valence-corrected chi connectivity index (χ4v) is 4.09. The third-order valence-electron chi connectivity index (χ3n) is 5.83. The Morgan fingerprint density at radius 3 is 2.73 bits per heavy atom. The maximum absolute atomic E-state index is 12.9. The number of hydrogen-bond acceptors (Lipinski definition) is 3. The number of nitrogens with two attached hydrogens (primary N) is 1. The van der Waals surface area contributed by atoms with Crippen LogP contribution in [0.15, 0.2) is 18.2 Å². The summed E-state index contributed by atoms with van der Waals surface area (Å²) in [5, 5.41) is 3.02. The molecule has 1 aliphatic carbocycles. The molecule has 1 saturated heterocycles. The third-order valence-corrected chi connectivity index (χ3v) is 5.83. The average Bonchev–Trinajstić information content (AvgIpc) is 2.50. The molecule has 22 heavy (non-hydrogen) atoms. The second-order valence-electron chi connectivity index (χ2n) is 7.38. The number of anilines is 1. The van der Waals surface area contributed by atoms with Gasteiger partial charge < -0.3 is 15.8 Å². The van der Waals surface area contributed by atoms with Gasteiger partial charge in [0.25, 0.3) is 0 Å². The Bertz CT molecular complexity index is 611. The quantitative estimate of drug-likeness (QED) is 0.883. The predicted octanol–water partition coefficient (Wildman–Crippen LogP) is 2.77. The Balaban J connectivity index is 1.83. The maximum Gasteiger partial charge on any atom is 0.245 e. The second-order valence-corrected chi connectivity index (χ2v) is 7.38. The summed E-state index contributed by atoms with van der Waals surface area (Å²) in [7, 11) is 0. The van der Waals surface area contributed by atoms with E-state index in [1.165, 1.54) is 5.56 Å². The van der Waals surface area contributed by atoms with Gasteiger partial charge in [-0.15, -0.1) is 0 Å². The topological polar surface area (TPSA) is 64.4 Å². The molecule has 0 bridgehead atoms. The number of carbonyl (C=O) groups excluding carboxylic acids is 1. The van der Waals surface area contributed by atoms with Gasteiger partial charge in [0.2, 0.25) is 5.91 Å². The van der Waals surface area contributed by atoms with Crippen molar-refractivity contribution in [3.8, 4) is 0 Å². The second kappa shape index (κ2) is 5.07. The summed E-state index contributed by atoms with van der Waals surface area (Å²) in [5.74, 6) is 0.0234. The molecule has 120 valence electrons. The predicted molar refractivity (Wildman–Crippen MR) is 87.7 cm³/mol. The minimum atomic E-state index is -0.864. The summed E-state index contributed by atoms with van der Waals surface area (Å²) >= 11 is 0. The van der Waals surface area contributed by atoms with E-state index in [2.05, 4.69) is 12.2 Å². The van der Waals surface area contributed by atoms with Crippen LogP contribution in [0.3, 0.4) is 0 Å². The van der Waals surface area contributed by atoms with Crippen molar-refractivity contribution in [2.24, 2.45) is 17.1 Å². The van der Waals surface area contributed by atoms with E-state index in [0.717, 1.165) is 30.7 Å². The first-order valence-electron chi connectivity index (χ1n) is 8.07. The molecular formula is C18H26N2O2. The summed E-state index contributed by atoms with van der Waals surface area (Å²) in [6.07, 6.45) is 2.04. The van der Waals surface area contributed by atoms with Crippen LogP contribution in [0.2, 0.25) is 0 Å². The molecule has 1 aliphatic heterocycles. The summed E-state index contributed by atoms with van der Waals surface area (Å²) in [6.45, 7) is 8.96. The van der Waals surface area contributed by atoms with Crippen LogP contribution in [0.4, 0.5) is 5.69 Å². The maximum atomic E-state index is 12.9. The van der Waals surface area contributed by atoms with Crippen LogP contribution in [-0.2, 0) is 9.53 Å². The molecule has 4 nitrogen and oxygen atoms in total. The van der Waals surface area contributed by atoms with Crippen LogP contribution in [0.5, 0.6) is 0 Å². The molecular weight excluding hydrogens is 276 g/mol. The first kappa shape index (κ1) is 15.5. The fraction of sp³-hybridized carbons (Fsp3) is 0.611. The Kier molecular flexibility index (Phi) is 3.57. The Hall–Kier alpha value is -1.39. The molecule has 3 rings (SSSR count). The van der Waals surface area contributed by atoms with Crippen molar-refractivity contribution in [2.45, 2.75) is 52.2 Å². The summed E-state index contributed by atoms with van der Waals surface area (Å²) in [4.78, 5) is 12.9. The molecule has 1 aromatic rings. The molecule has 2 aliphatic rings. The van der Waals surface area contributed by atoms with Crippen molar-refractivity contribution in [3.05, 3.63) is 29.3 Å². The highest BCUT2D eigenvalue weighted by Crippen LogP contribution is 2.57. The van der Waals surface area contributed by atoms with Crippen LogP contribution >= 0.6 is 0 Å². The van der Waals surface area contributed by atoms with Crippen molar-refractivity contribution < 1.29 is 9.53 Å². The first-order chi connectivity index (χ1) is 10.3. The van der Waals surface area contributed by atoms with Gasteiger partial charge in [0, 0.05) is 23.6 Å². The summed E-state index contributed by atoms with van der Waals surface area (Å²) in [6, 6.07) is 5.95. The molecule has 0 spiro atoms. The number of benzene rings is 1. The van der Waals surface area contributed by atoms with Gasteiger partial charge in [0.1, 0.15) is 5.54 Å². The van der Waals surface area contributed by atoms with Gasteiger partial charge in [-0.1, -0.05) is 19.9 Å². The van der Waals surface area contributed by atoms with E-state index in [4.69, 9.17) is 10.5 Å². The number of aryl methyl sites for hydroxylation is 2. The van der Waals surface area contributed by atoms with E-state index in [9.17, 15) is 4.79 Å². The molecule has 3 unspecified atom stereocenters. The molecule has 0 radical (unpaired) electrons. The third kappa shape index (κ3) is 2.01. The van der Waals surface area contributed by atoms with Crippen molar-refractivity contribution in [1.29, 1.82) is 0 Å². The number of nitrogens with one attached hydrogen (secondary N) is 1. The first-order valence-corrected chi connectivity index (χ1v) is 8.07. The van der Waals surface area contributed by atoms with Gasteiger partial charge in [-0.05, 0) is 49.9 Å². The zero-order valence-electron chi connectivity index (χ0n) is 13.9. The highest BCUT2D eigenvalue weighted by Gasteiger charge is 2.70. The fourth-order valence-electron chi connectivity index (χ4n) is 4.09. The lowest BCUT2D eigenvalue weighted by atomic mass is 9.46. The highest BCUT2D eigenvalue weighted by atomic mass is 16.5. The molecule has 3 N–H and O–H groups in total. The van der Waals surface area contributed by atoms with Gasteiger partial charge in [-0.3, -0.25) is 4.79 Å². The van der Waals surface area contributed by atoms with Crippen molar-refractivity contribution >= 4 is 11.6 Å². The highest BCUT2D eigenvalue weighted by molar-refractivity contribution is 6.00. The molecule has 1 heterocycles. The normalized spacial score (nSPS) is 32.8. The Morgan fingerprint density at radius 2 is 2.05 bits per heavy atom. The average molecular weight is 302 g/mol. The lowest BCUT2D eigenvalue weighted by molar-refractivity contribution is -0.222. The van der Waals surface area contributed by atoms with E-state index in [1.54, 1.807) is 0 Å². The molecule has 2 fully saturated rings. The van der Waals surface area contributed by atoms with E-state index in [0.29, 0.717) is 0 Å². The summed E-state index contributed by atoms with van der Waals surface area (Å²) in [5.41, 5.74) is 8.58. The lowest BCUT2D eigenvalue weighted by Gasteiger charge is -2.65. The largest absolute Gasteiger partial charge is 0.377 e. The van der Waals surface area contributed by atoms with Crippen molar-refractivity contribution in [2.75, 3.05) is 11.9 Å². The summed E-state index contributed by atoms with van der Waals surface area (Å²) < 4.78 is 5.86. The van der Waals surface area contributed by atoms with Crippen LogP contribution in [-0.4, -0.2) is 24.2 Å². The SMILES string of the molecule is Cc1ccc(NC(=O)C2(N)C3CCCOC3C2(C)C)cc1C. The number of fused-ring (bicyclic) bond motifs is 1. The van der Waals surface area contributed by atoms with E-state index >= 15 is 0 Å². The lowest BCUT2D eigenvalue weighted by Crippen LogP contribution is -2.81. The Labute approximate surface area is 132 Å². The minimum absolute atomic E-state index is 0.0903. The van der Waals surface area contributed by atoms with Crippen LogP contribution in [0.1, 0.15) is 37.8 Å². The van der Waals surface area contributed by atoms with Gasteiger partial charge >= 0.3 is 0 Å². The van der Waals surface area contributed by atoms with Gasteiger partial charge in [0.15, 0.2) is 0 Å². The molecule has 0 aromatic heterocycles. The molecule has 4 heteroatoms. The number of hydrogen-bond donors (Lipinski definition) is 2. The number of rotatable bonds is 2. The zero-order valence-corrected chi connectivity index (χ0v) is 13.9. The van der Waals surface area contributed by atoms with Crippen LogP contribution < -0.4 is 11.1 Å². The van der Waals surface area contributed by atoms with E-state index < -0.39 is 5.54 Å². The van der Waals surface area contributed by atoms with Crippen LogP contribution in [0.25, 0.3) is 0 Å².